The number of pyridine rings is 1. The van der Waals surface area contributed by atoms with Crippen molar-refractivity contribution in [3.63, 3.8) is 0 Å². The summed E-state index contributed by atoms with van der Waals surface area (Å²) >= 11 is 5.13. The predicted octanol–water partition coefficient (Wildman–Crippen LogP) is 3.78. The number of nitrogen functional groups attached to an aromatic ring is 2. The summed E-state index contributed by atoms with van der Waals surface area (Å²) < 4.78 is 0.954. The number of hydrogen-bond acceptors (Lipinski definition) is 4. The minimum absolute atomic E-state index is 0.602. The Morgan fingerprint density at radius 1 is 1.06 bits per heavy atom. The summed E-state index contributed by atoms with van der Waals surface area (Å²) in [5.74, 6) is 0. The van der Waals surface area contributed by atoms with Crippen LogP contribution in [0.1, 0.15) is 11.1 Å². The van der Waals surface area contributed by atoms with Crippen molar-refractivity contribution in [3.05, 3.63) is 40.1 Å². The quantitative estimate of drug-likeness (QED) is 0.825. The summed E-state index contributed by atoms with van der Waals surface area (Å²) in [6.07, 6.45) is 3.71. The number of nitrogens with zero attached hydrogens (tertiary/aromatic N) is 1. The molecule has 1 aromatic carbocycles. The lowest BCUT2D eigenvalue weighted by molar-refractivity contribution is 1.12. The summed E-state index contributed by atoms with van der Waals surface area (Å²) in [6.45, 7) is 4.08. The second-order valence-corrected chi connectivity index (χ2v) is 5.96. The molecule has 0 aliphatic rings. The summed E-state index contributed by atoms with van der Waals surface area (Å²) in [7, 11) is 0. The van der Waals surface area contributed by atoms with Gasteiger partial charge < -0.3 is 11.5 Å². The summed E-state index contributed by atoms with van der Waals surface area (Å²) in [5, 5.41) is 0. The number of benzene rings is 1. The molecule has 0 radical (unpaired) electrons. The second-order valence-electron chi connectivity index (χ2n) is 4.08. The Hall–Kier alpha value is -1.20. The van der Waals surface area contributed by atoms with Crippen molar-refractivity contribution >= 4 is 39.1 Å². The molecule has 0 atom stereocenters. The van der Waals surface area contributed by atoms with Crippen molar-refractivity contribution < 1.29 is 0 Å². The van der Waals surface area contributed by atoms with Gasteiger partial charge in [0.25, 0.3) is 0 Å². The molecular weight excluding hydrogens is 310 g/mol. The van der Waals surface area contributed by atoms with E-state index in [4.69, 9.17) is 11.5 Å². The Morgan fingerprint density at radius 2 is 1.67 bits per heavy atom. The molecule has 94 valence electrons. The molecule has 0 unspecified atom stereocenters. The molecule has 0 saturated heterocycles. The largest absolute Gasteiger partial charge is 0.397 e. The highest BCUT2D eigenvalue weighted by Gasteiger charge is 2.12. The Balaban J connectivity index is 2.50. The van der Waals surface area contributed by atoms with Gasteiger partial charge >= 0.3 is 0 Å². The number of aryl methyl sites for hydroxylation is 2. The van der Waals surface area contributed by atoms with E-state index in [1.807, 2.05) is 32.3 Å². The fourth-order valence-corrected chi connectivity index (χ4v) is 3.26. The molecule has 2 aromatic rings. The van der Waals surface area contributed by atoms with E-state index in [0.717, 1.165) is 20.5 Å². The molecule has 0 bridgehead atoms. The number of nitrogens with two attached hydrogens (primary N) is 2. The highest BCUT2D eigenvalue weighted by molar-refractivity contribution is 9.10. The van der Waals surface area contributed by atoms with E-state index in [9.17, 15) is 0 Å². The first-order chi connectivity index (χ1) is 8.50. The average molecular weight is 324 g/mol. The van der Waals surface area contributed by atoms with Crippen LogP contribution >= 0.6 is 27.7 Å². The third-order valence-electron chi connectivity index (χ3n) is 2.64. The minimum atomic E-state index is 0.602. The zero-order valence-electron chi connectivity index (χ0n) is 10.2. The smallest absolute Gasteiger partial charge is 0.0701 e. The van der Waals surface area contributed by atoms with Crippen LogP contribution in [-0.2, 0) is 0 Å². The second kappa shape index (κ2) is 5.20. The van der Waals surface area contributed by atoms with E-state index >= 15 is 0 Å². The Morgan fingerprint density at radius 3 is 2.28 bits per heavy atom. The van der Waals surface area contributed by atoms with Crippen molar-refractivity contribution in [2.24, 2.45) is 0 Å². The van der Waals surface area contributed by atoms with E-state index in [2.05, 4.69) is 20.9 Å². The molecule has 4 N–H and O–H groups in total. The molecule has 0 aliphatic carbocycles. The van der Waals surface area contributed by atoms with E-state index in [-0.39, 0.29) is 0 Å². The first-order valence-electron chi connectivity index (χ1n) is 5.43. The zero-order chi connectivity index (χ0) is 13.3. The zero-order valence-corrected chi connectivity index (χ0v) is 12.6. The summed E-state index contributed by atoms with van der Waals surface area (Å²) in [6, 6.07) is 3.72. The van der Waals surface area contributed by atoms with Gasteiger partial charge in [0.2, 0.25) is 0 Å². The van der Waals surface area contributed by atoms with Crippen LogP contribution in [0.5, 0.6) is 0 Å². The molecule has 18 heavy (non-hydrogen) atoms. The summed E-state index contributed by atoms with van der Waals surface area (Å²) in [4.78, 5) is 6.29. The lowest BCUT2D eigenvalue weighted by Crippen LogP contribution is -1.97. The fourth-order valence-electron chi connectivity index (χ4n) is 1.64. The van der Waals surface area contributed by atoms with Gasteiger partial charge in [-0.2, -0.15) is 0 Å². The molecule has 1 aromatic heterocycles. The van der Waals surface area contributed by atoms with Crippen LogP contribution in [0.25, 0.3) is 0 Å². The van der Waals surface area contributed by atoms with E-state index < -0.39 is 0 Å². The molecule has 0 aliphatic heterocycles. The average Bonchev–Trinajstić information content (AvgIpc) is 2.33. The normalized spacial score (nSPS) is 10.6. The molecule has 0 spiro atoms. The summed E-state index contributed by atoms with van der Waals surface area (Å²) in [5.41, 5.74) is 15.4. The van der Waals surface area contributed by atoms with Crippen molar-refractivity contribution in [1.82, 2.24) is 4.98 Å². The highest BCUT2D eigenvalue weighted by atomic mass is 79.9. The maximum absolute atomic E-state index is 6.04. The Kier molecular flexibility index (Phi) is 3.82. The SMILES string of the molecule is Cc1cncc(C)c1Sc1c(Br)ccc(N)c1N. The number of anilines is 2. The van der Waals surface area contributed by atoms with Gasteiger partial charge in [-0.15, -0.1) is 0 Å². The lowest BCUT2D eigenvalue weighted by atomic mass is 10.2. The van der Waals surface area contributed by atoms with Crippen LogP contribution in [0.3, 0.4) is 0 Å². The standard InChI is InChI=1S/C13H14BrN3S/c1-7-5-17-6-8(2)12(7)18-13-9(14)3-4-10(15)11(13)16/h3-6H,15-16H2,1-2H3. The van der Waals surface area contributed by atoms with Gasteiger partial charge in [-0.3, -0.25) is 4.98 Å². The van der Waals surface area contributed by atoms with Crippen LogP contribution in [0.4, 0.5) is 11.4 Å². The first-order valence-corrected chi connectivity index (χ1v) is 7.04. The molecule has 0 saturated carbocycles. The van der Waals surface area contributed by atoms with E-state index in [1.54, 1.807) is 17.8 Å². The first kappa shape index (κ1) is 13.2. The Bertz CT molecular complexity index is 579. The van der Waals surface area contributed by atoms with Gasteiger partial charge in [-0.05, 0) is 53.0 Å². The van der Waals surface area contributed by atoms with Crippen molar-refractivity contribution in [2.75, 3.05) is 11.5 Å². The maximum atomic E-state index is 6.04. The van der Waals surface area contributed by atoms with Gasteiger partial charge in [-0.1, -0.05) is 11.8 Å². The van der Waals surface area contributed by atoms with Crippen molar-refractivity contribution in [3.8, 4) is 0 Å². The number of rotatable bonds is 2. The van der Waals surface area contributed by atoms with Crippen LogP contribution in [0.15, 0.2) is 38.8 Å². The number of aromatic nitrogens is 1. The van der Waals surface area contributed by atoms with Crippen LogP contribution in [0.2, 0.25) is 0 Å². The van der Waals surface area contributed by atoms with Crippen LogP contribution in [-0.4, -0.2) is 4.98 Å². The van der Waals surface area contributed by atoms with Gasteiger partial charge in [0.05, 0.1) is 16.3 Å². The maximum Gasteiger partial charge on any atom is 0.0701 e. The molecule has 2 rings (SSSR count). The fraction of sp³-hybridized carbons (Fsp3) is 0.154. The third-order valence-corrected chi connectivity index (χ3v) is 5.05. The number of hydrogen-bond donors (Lipinski definition) is 2. The molecule has 3 nitrogen and oxygen atoms in total. The third kappa shape index (κ3) is 2.47. The Labute approximate surface area is 119 Å². The van der Waals surface area contributed by atoms with Gasteiger partial charge in [-0.25, -0.2) is 0 Å². The molecule has 0 fully saturated rings. The number of halogens is 1. The minimum Gasteiger partial charge on any atom is -0.397 e. The molecule has 1 heterocycles. The monoisotopic (exact) mass is 323 g/mol. The van der Waals surface area contributed by atoms with Crippen LogP contribution in [0, 0.1) is 13.8 Å². The molecular formula is C13H14BrN3S. The van der Waals surface area contributed by atoms with Crippen molar-refractivity contribution in [1.29, 1.82) is 0 Å². The highest BCUT2D eigenvalue weighted by Crippen LogP contribution is 2.42. The topological polar surface area (TPSA) is 64.9 Å². The lowest BCUT2D eigenvalue weighted by Gasteiger charge is -2.13. The predicted molar refractivity (Wildman–Crippen MR) is 80.8 cm³/mol. The molecule has 0 amide bonds. The van der Waals surface area contributed by atoms with E-state index in [1.165, 1.54) is 4.90 Å². The van der Waals surface area contributed by atoms with Crippen molar-refractivity contribution in [2.45, 2.75) is 23.6 Å². The molecule has 5 heteroatoms. The van der Waals surface area contributed by atoms with Crippen LogP contribution < -0.4 is 11.5 Å². The van der Waals surface area contributed by atoms with E-state index in [0.29, 0.717) is 11.4 Å². The van der Waals surface area contributed by atoms with Gasteiger partial charge in [0.15, 0.2) is 0 Å². The van der Waals surface area contributed by atoms with Gasteiger partial charge in [0.1, 0.15) is 0 Å². The van der Waals surface area contributed by atoms with Gasteiger partial charge in [0, 0.05) is 21.8 Å².